The van der Waals surface area contributed by atoms with Crippen LogP contribution in [0, 0.1) is 0 Å². The first-order valence-corrected chi connectivity index (χ1v) is 11.5. The van der Waals surface area contributed by atoms with Gasteiger partial charge in [0.05, 0.1) is 19.1 Å². The van der Waals surface area contributed by atoms with E-state index in [1.807, 2.05) is 30.3 Å². The molecule has 3 aromatic rings. The number of methoxy groups -OCH3 is 2. The van der Waals surface area contributed by atoms with E-state index in [9.17, 15) is 13.2 Å². The van der Waals surface area contributed by atoms with Gasteiger partial charge in [-0.3, -0.25) is 4.79 Å². The third-order valence-corrected chi connectivity index (χ3v) is 6.41. The van der Waals surface area contributed by atoms with E-state index in [0.717, 1.165) is 5.56 Å². The van der Waals surface area contributed by atoms with Crippen LogP contribution in [0.3, 0.4) is 0 Å². The Morgan fingerprint density at radius 3 is 2.22 bits per heavy atom. The van der Waals surface area contributed by atoms with Gasteiger partial charge < -0.3 is 14.8 Å². The maximum absolute atomic E-state index is 13.1. The van der Waals surface area contributed by atoms with Crippen molar-refractivity contribution in [3.8, 4) is 11.5 Å². The number of hydrogen-bond acceptors (Lipinski definition) is 5. The van der Waals surface area contributed by atoms with Gasteiger partial charge in [-0.05, 0) is 48.4 Å². The van der Waals surface area contributed by atoms with Crippen LogP contribution in [0.15, 0.2) is 77.7 Å². The summed E-state index contributed by atoms with van der Waals surface area (Å²) in [5.41, 5.74) is 1.25. The quantitative estimate of drug-likeness (QED) is 0.490. The van der Waals surface area contributed by atoms with E-state index in [2.05, 4.69) is 10.0 Å². The van der Waals surface area contributed by atoms with E-state index in [0.29, 0.717) is 22.2 Å². The number of halogens is 1. The van der Waals surface area contributed by atoms with E-state index in [1.165, 1.54) is 38.5 Å². The zero-order chi connectivity index (χ0) is 23.1. The van der Waals surface area contributed by atoms with Crippen LogP contribution in [0.2, 0.25) is 5.02 Å². The molecule has 0 aromatic heterocycles. The van der Waals surface area contributed by atoms with Gasteiger partial charge in [-0.15, -0.1) is 0 Å². The van der Waals surface area contributed by atoms with Crippen LogP contribution >= 0.6 is 11.6 Å². The first kappa shape index (κ1) is 23.6. The molecule has 0 spiro atoms. The SMILES string of the molecule is COc1ccc(NC(=O)[C@H](Cc2ccccc2)NS(=O)(=O)c2ccc(Cl)cc2)cc1OC. The molecule has 1 amide bonds. The summed E-state index contributed by atoms with van der Waals surface area (Å²) < 4.78 is 38.8. The van der Waals surface area contributed by atoms with Crippen molar-refractivity contribution >= 4 is 33.2 Å². The summed E-state index contributed by atoms with van der Waals surface area (Å²) >= 11 is 5.86. The summed E-state index contributed by atoms with van der Waals surface area (Å²) in [4.78, 5) is 13.1. The Kier molecular flexibility index (Phi) is 7.74. The first-order chi connectivity index (χ1) is 15.3. The van der Waals surface area contributed by atoms with Crippen molar-refractivity contribution in [3.63, 3.8) is 0 Å². The van der Waals surface area contributed by atoms with Gasteiger partial charge in [0, 0.05) is 16.8 Å². The molecule has 3 aromatic carbocycles. The zero-order valence-corrected chi connectivity index (χ0v) is 19.1. The van der Waals surface area contributed by atoms with E-state index in [-0.39, 0.29) is 11.3 Å². The van der Waals surface area contributed by atoms with E-state index < -0.39 is 22.0 Å². The molecule has 0 radical (unpaired) electrons. The highest BCUT2D eigenvalue weighted by Gasteiger charge is 2.26. The summed E-state index contributed by atoms with van der Waals surface area (Å²) in [5.74, 6) is 0.431. The number of anilines is 1. The highest BCUT2D eigenvalue weighted by atomic mass is 35.5. The van der Waals surface area contributed by atoms with Gasteiger partial charge in [0.15, 0.2) is 11.5 Å². The van der Waals surface area contributed by atoms with Crippen molar-refractivity contribution in [3.05, 3.63) is 83.4 Å². The molecule has 32 heavy (non-hydrogen) atoms. The summed E-state index contributed by atoms with van der Waals surface area (Å²) in [6.07, 6.45) is 0.160. The van der Waals surface area contributed by atoms with Gasteiger partial charge in [0.25, 0.3) is 0 Å². The van der Waals surface area contributed by atoms with Crippen LogP contribution in [-0.4, -0.2) is 34.6 Å². The summed E-state index contributed by atoms with van der Waals surface area (Å²) in [6, 6.07) is 18.7. The summed E-state index contributed by atoms with van der Waals surface area (Å²) in [6.45, 7) is 0. The predicted octanol–water partition coefficient (Wildman–Crippen LogP) is 3.89. The summed E-state index contributed by atoms with van der Waals surface area (Å²) in [7, 11) is -0.972. The highest BCUT2D eigenvalue weighted by molar-refractivity contribution is 7.89. The molecular weight excluding hydrogens is 452 g/mol. The fourth-order valence-electron chi connectivity index (χ4n) is 3.05. The van der Waals surface area contributed by atoms with Crippen molar-refractivity contribution < 1.29 is 22.7 Å². The van der Waals surface area contributed by atoms with Crippen LogP contribution < -0.4 is 19.5 Å². The third kappa shape index (κ3) is 6.00. The van der Waals surface area contributed by atoms with Crippen molar-refractivity contribution in [2.75, 3.05) is 19.5 Å². The molecule has 1 atom stereocenters. The lowest BCUT2D eigenvalue weighted by molar-refractivity contribution is -0.117. The van der Waals surface area contributed by atoms with Crippen LogP contribution in [0.5, 0.6) is 11.5 Å². The molecule has 0 aliphatic heterocycles. The number of benzene rings is 3. The van der Waals surface area contributed by atoms with Crippen molar-refractivity contribution in [1.29, 1.82) is 0 Å². The van der Waals surface area contributed by atoms with E-state index in [1.54, 1.807) is 18.2 Å². The van der Waals surface area contributed by atoms with Crippen LogP contribution in [0.25, 0.3) is 0 Å². The van der Waals surface area contributed by atoms with Crippen molar-refractivity contribution in [2.24, 2.45) is 0 Å². The number of hydrogen-bond donors (Lipinski definition) is 2. The Morgan fingerprint density at radius 1 is 0.938 bits per heavy atom. The number of carbonyl (C=O) groups excluding carboxylic acids is 1. The molecule has 0 heterocycles. The lowest BCUT2D eigenvalue weighted by atomic mass is 10.1. The molecule has 2 N–H and O–H groups in total. The Hall–Kier alpha value is -3.07. The number of amides is 1. The number of carbonyl (C=O) groups is 1. The van der Waals surface area contributed by atoms with Gasteiger partial charge in [0.1, 0.15) is 6.04 Å². The van der Waals surface area contributed by atoms with Gasteiger partial charge in [-0.25, -0.2) is 8.42 Å². The minimum Gasteiger partial charge on any atom is -0.493 e. The maximum Gasteiger partial charge on any atom is 0.242 e. The Morgan fingerprint density at radius 2 is 1.59 bits per heavy atom. The van der Waals surface area contributed by atoms with E-state index in [4.69, 9.17) is 21.1 Å². The zero-order valence-electron chi connectivity index (χ0n) is 17.5. The molecule has 3 rings (SSSR count). The first-order valence-electron chi connectivity index (χ1n) is 9.67. The van der Waals surface area contributed by atoms with Crippen LogP contribution in [0.1, 0.15) is 5.56 Å². The Bertz CT molecular complexity index is 1170. The average molecular weight is 475 g/mol. The van der Waals surface area contributed by atoms with Crippen molar-refractivity contribution in [1.82, 2.24) is 4.72 Å². The van der Waals surface area contributed by atoms with Gasteiger partial charge >= 0.3 is 0 Å². The van der Waals surface area contributed by atoms with Gasteiger partial charge in [0.2, 0.25) is 15.9 Å². The molecule has 7 nitrogen and oxygen atoms in total. The summed E-state index contributed by atoms with van der Waals surface area (Å²) in [5, 5.41) is 3.16. The second kappa shape index (κ2) is 10.5. The molecule has 0 aliphatic rings. The molecule has 0 bridgehead atoms. The fraction of sp³-hybridized carbons (Fsp3) is 0.174. The molecule has 0 saturated carbocycles. The second-order valence-corrected chi connectivity index (χ2v) is 9.03. The molecule has 0 unspecified atom stereocenters. The number of rotatable bonds is 9. The highest BCUT2D eigenvalue weighted by Crippen LogP contribution is 2.29. The molecular formula is C23H23ClN2O5S. The molecule has 9 heteroatoms. The second-order valence-electron chi connectivity index (χ2n) is 6.88. The van der Waals surface area contributed by atoms with E-state index >= 15 is 0 Å². The van der Waals surface area contributed by atoms with Crippen LogP contribution in [-0.2, 0) is 21.2 Å². The molecule has 0 aliphatic carbocycles. The fourth-order valence-corrected chi connectivity index (χ4v) is 4.37. The lowest BCUT2D eigenvalue weighted by Gasteiger charge is -2.19. The van der Waals surface area contributed by atoms with Gasteiger partial charge in [-0.1, -0.05) is 41.9 Å². The molecule has 0 fully saturated rings. The van der Waals surface area contributed by atoms with Crippen molar-refractivity contribution in [2.45, 2.75) is 17.4 Å². The maximum atomic E-state index is 13.1. The molecule has 0 saturated heterocycles. The largest absolute Gasteiger partial charge is 0.493 e. The monoisotopic (exact) mass is 474 g/mol. The number of sulfonamides is 1. The Balaban J connectivity index is 1.86. The standard InChI is InChI=1S/C23H23ClN2O5S/c1-30-21-13-10-18(15-22(21)31-2)25-23(27)20(14-16-6-4-3-5-7-16)26-32(28,29)19-11-8-17(24)9-12-19/h3-13,15,20,26H,14H2,1-2H3,(H,25,27)/t20-/m0/s1. The number of nitrogens with one attached hydrogen (secondary N) is 2. The predicted molar refractivity (Wildman–Crippen MR) is 124 cm³/mol. The smallest absolute Gasteiger partial charge is 0.242 e. The molecule has 168 valence electrons. The average Bonchev–Trinajstić information content (AvgIpc) is 2.79. The van der Waals surface area contributed by atoms with Crippen LogP contribution in [0.4, 0.5) is 5.69 Å². The topological polar surface area (TPSA) is 93.7 Å². The van der Waals surface area contributed by atoms with Gasteiger partial charge in [-0.2, -0.15) is 4.72 Å². The number of ether oxygens (including phenoxy) is 2. The normalized spacial score (nSPS) is 12.1. The minimum absolute atomic E-state index is 0.0129. The lowest BCUT2D eigenvalue weighted by Crippen LogP contribution is -2.45. The minimum atomic E-state index is -3.97. The Labute approximate surface area is 192 Å². The third-order valence-electron chi connectivity index (χ3n) is 4.67.